The number of phosphoric acid groups is 1. The molecule has 2 rings (SSSR count). The third kappa shape index (κ3) is 3.59. The van der Waals surface area contributed by atoms with Crippen LogP contribution in [0.4, 0.5) is 5.82 Å². The van der Waals surface area contributed by atoms with Crippen LogP contribution in [-0.4, -0.2) is 39.4 Å². The zero-order valence-electron chi connectivity index (χ0n) is 10.6. The smallest absolute Gasteiger partial charge is 0.271 e. The minimum Gasteiger partial charge on any atom is -0.790 e. The van der Waals surface area contributed by atoms with Gasteiger partial charge in [0.25, 0.3) is 5.91 Å². The number of carbonyl (C=O) groups is 1. The van der Waals surface area contributed by atoms with Gasteiger partial charge < -0.3 is 40.2 Å². The van der Waals surface area contributed by atoms with Gasteiger partial charge >= 0.3 is 0 Å². The molecule has 0 bridgehead atoms. The molecule has 5 N–H and O–H groups in total. The summed E-state index contributed by atoms with van der Waals surface area (Å²) in [5.74, 6) is -0.858. The molecule has 3 atom stereocenters. The summed E-state index contributed by atoms with van der Waals surface area (Å²) in [4.78, 5) is 35.6. The first kappa shape index (κ1) is 15.9. The van der Waals surface area contributed by atoms with E-state index in [4.69, 9.17) is 16.2 Å². The number of ether oxygens (including phenoxy) is 1. The van der Waals surface area contributed by atoms with Gasteiger partial charge in [0.15, 0.2) is 5.69 Å². The van der Waals surface area contributed by atoms with Crippen molar-refractivity contribution in [2.24, 2.45) is 5.73 Å². The Morgan fingerprint density at radius 2 is 2.33 bits per heavy atom. The van der Waals surface area contributed by atoms with Crippen molar-refractivity contribution in [2.45, 2.75) is 24.9 Å². The molecule has 1 fully saturated rings. The van der Waals surface area contributed by atoms with Crippen LogP contribution in [0, 0.1) is 0 Å². The molecule has 11 nitrogen and oxygen atoms in total. The van der Waals surface area contributed by atoms with Crippen molar-refractivity contribution in [1.29, 1.82) is 0 Å². The van der Waals surface area contributed by atoms with Crippen LogP contribution in [0.1, 0.15) is 23.1 Å². The number of nitrogens with zero attached hydrogens (tertiary/aromatic N) is 2. The van der Waals surface area contributed by atoms with Crippen molar-refractivity contribution < 1.29 is 33.5 Å². The molecule has 0 spiro atoms. The Labute approximate surface area is 118 Å². The molecule has 118 valence electrons. The maximum absolute atomic E-state index is 11.0. The highest BCUT2D eigenvalue weighted by Crippen LogP contribution is 2.34. The van der Waals surface area contributed by atoms with E-state index in [0.717, 1.165) is 0 Å². The van der Waals surface area contributed by atoms with Crippen LogP contribution in [0.2, 0.25) is 0 Å². The van der Waals surface area contributed by atoms with E-state index in [9.17, 15) is 24.3 Å². The zero-order valence-corrected chi connectivity index (χ0v) is 11.5. The van der Waals surface area contributed by atoms with Crippen molar-refractivity contribution in [2.75, 3.05) is 12.3 Å². The van der Waals surface area contributed by atoms with Crippen LogP contribution < -0.4 is 21.3 Å². The summed E-state index contributed by atoms with van der Waals surface area (Å²) in [5.41, 5.74) is 10.6. The molecule has 0 unspecified atom stereocenters. The SMILES string of the molecule is NC(=O)c1ncn([C@H]2C[C@@H](O)[C@@H](COP(=O)([O-])[O-])O2)c1N. The Morgan fingerprint density at radius 1 is 1.67 bits per heavy atom. The molecule has 1 aromatic heterocycles. The number of carbonyl (C=O) groups excluding carboxylic acids is 1. The summed E-state index contributed by atoms with van der Waals surface area (Å²) in [6.07, 6.45) is -1.62. The normalized spacial score (nSPS) is 26.1. The Balaban J connectivity index is 2.07. The van der Waals surface area contributed by atoms with Gasteiger partial charge in [-0.15, -0.1) is 0 Å². The average Bonchev–Trinajstić information content (AvgIpc) is 2.89. The van der Waals surface area contributed by atoms with Crippen LogP contribution in [0.25, 0.3) is 0 Å². The fraction of sp³-hybridized carbons (Fsp3) is 0.556. The largest absolute Gasteiger partial charge is 0.790 e. The lowest BCUT2D eigenvalue weighted by Gasteiger charge is -2.30. The Kier molecular flexibility index (Phi) is 4.33. The fourth-order valence-electron chi connectivity index (χ4n) is 1.99. The molecule has 1 aliphatic heterocycles. The van der Waals surface area contributed by atoms with E-state index in [0.29, 0.717) is 0 Å². The van der Waals surface area contributed by atoms with Crippen molar-refractivity contribution in [1.82, 2.24) is 9.55 Å². The molecule has 1 aromatic rings. The van der Waals surface area contributed by atoms with E-state index in [2.05, 4.69) is 9.51 Å². The maximum Gasteiger partial charge on any atom is 0.271 e. The minimum atomic E-state index is -5.15. The summed E-state index contributed by atoms with van der Waals surface area (Å²) in [5, 5.41) is 9.76. The standard InChI is InChI=1S/C9H15N4O7P/c10-8-7(9(11)15)12-3-13(8)6-1-4(14)5(20-6)2-19-21(16,17)18/h3-6,14H,1-2,10H2,(H2,11,15)(H2,16,17,18)/p-2/t4-,5-,6-/m1/s1. The second-order valence-corrected chi connectivity index (χ2v) is 5.58. The number of aliphatic hydroxyl groups excluding tert-OH is 1. The number of aromatic nitrogens is 2. The predicted molar refractivity (Wildman–Crippen MR) is 63.2 cm³/mol. The van der Waals surface area contributed by atoms with Crippen molar-refractivity contribution >= 4 is 19.5 Å². The van der Waals surface area contributed by atoms with Crippen LogP contribution in [0.3, 0.4) is 0 Å². The van der Waals surface area contributed by atoms with Crippen LogP contribution >= 0.6 is 7.82 Å². The van der Waals surface area contributed by atoms with Crippen molar-refractivity contribution in [3.05, 3.63) is 12.0 Å². The van der Waals surface area contributed by atoms with Crippen LogP contribution in [-0.2, 0) is 13.8 Å². The van der Waals surface area contributed by atoms with E-state index in [1.54, 1.807) is 0 Å². The number of hydrogen-bond acceptors (Lipinski definition) is 9. The minimum absolute atomic E-state index is 0.0420. The summed E-state index contributed by atoms with van der Waals surface area (Å²) >= 11 is 0. The number of anilines is 1. The van der Waals surface area contributed by atoms with E-state index in [-0.39, 0.29) is 17.9 Å². The number of rotatable bonds is 5. The molecule has 0 aromatic carbocycles. The Morgan fingerprint density at radius 3 is 2.86 bits per heavy atom. The van der Waals surface area contributed by atoms with Crippen LogP contribution in [0.15, 0.2) is 6.33 Å². The van der Waals surface area contributed by atoms with E-state index >= 15 is 0 Å². The Hall–Kier alpha value is -1.49. The zero-order chi connectivity index (χ0) is 15.8. The number of amides is 1. The molecule has 2 heterocycles. The van der Waals surface area contributed by atoms with Gasteiger partial charge in [0.2, 0.25) is 0 Å². The second-order valence-electron chi connectivity index (χ2n) is 4.43. The molecule has 0 saturated carbocycles. The molecule has 0 aliphatic carbocycles. The van der Waals surface area contributed by atoms with Gasteiger partial charge in [-0.1, -0.05) is 0 Å². The number of aliphatic hydroxyl groups is 1. The lowest BCUT2D eigenvalue weighted by molar-refractivity contribution is -0.343. The first-order chi connectivity index (χ1) is 9.69. The van der Waals surface area contributed by atoms with Crippen molar-refractivity contribution in [3.63, 3.8) is 0 Å². The van der Waals surface area contributed by atoms with Gasteiger partial charge in [-0.05, 0) is 0 Å². The molecular weight excluding hydrogens is 307 g/mol. The van der Waals surface area contributed by atoms with Crippen molar-refractivity contribution in [3.8, 4) is 0 Å². The second kappa shape index (κ2) is 5.72. The highest BCUT2D eigenvalue weighted by molar-refractivity contribution is 7.43. The third-order valence-corrected chi connectivity index (χ3v) is 3.44. The van der Waals surface area contributed by atoms with E-state index in [1.807, 2.05) is 0 Å². The van der Waals surface area contributed by atoms with Crippen LogP contribution in [0.5, 0.6) is 0 Å². The summed E-state index contributed by atoms with van der Waals surface area (Å²) in [6.45, 7) is -0.612. The van der Waals surface area contributed by atoms with E-state index < -0.39 is 38.8 Å². The van der Waals surface area contributed by atoms with Gasteiger partial charge in [0, 0.05) is 6.42 Å². The van der Waals surface area contributed by atoms with Gasteiger partial charge in [-0.3, -0.25) is 9.36 Å². The Bertz CT molecular complexity index is 585. The molecule has 12 heteroatoms. The lowest BCUT2D eigenvalue weighted by Crippen LogP contribution is -2.29. The summed E-state index contributed by atoms with van der Waals surface area (Å²) in [6, 6.07) is 0. The van der Waals surface area contributed by atoms with Gasteiger partial charge in [0.1, 0.15) is 18.1 Å². The molecule has 21 heavy (non-hydrogen) atoms. The lowest BCUT2D eigenvalue weighted by atomic mass is 10.2. The monoisotopic (exact) mass is 320 g/mol. The van der Waals surface area contributed by atoms with Gasteiger partial charge in [-0.2, -0.15) is 0 Å². The first-order valence-corrected chi connectivity index (χ1v) is 7.27. The number of hydrogen-bond donors (Lipinski definition) is 3. The number of primary amides is 1. The number of nitrogen functional groups attached to an aromatic ring is 1. The number of nitrogens with two attached hydrogens (primary N) is 2. The number of phosphoric ester groups is 1. The maximum atomic E-state index is 11.0. The van der Waals surface area contributed by atoms with E-state index in [1.165, 1.54) is 10.9 Å². The van der Waals surface area contributed by atoms with Gasteiger partial charge in [-0.25, -0.2) is 4.98 Å². The molecular formula is C9H13N4O7P-2. The predicted octanol–water partition coefficient (Wildman–Crippen LogP) is -2.94. The highest BCUT2D eigenvalue weighted by atomic mass is 31.2. The number of imidazole rings is 1. The molecule has 1 aliphatic rings. The topological polar surface area (TPSA) is 189 Å². The molecule has 1 amide bonds. The third-order valence-electron chi connectivity index (χ3n) is 2.98. The quantitative estimate of drug-likeness (QED) is 0.476. The molecule has 1 saturated heterocycles. The summed E-state index contributed by atoms with van der Waals surface area (Å²) in [7, 11) is -5.15. The fourth-order valence-corrected chi connectivity index (χ4v) is 2.32. The highest BCUT2D eigenvalue weighted by Gasteiger charge is 2.36. The first-order valence-electron chi connectivity index (χ1n) is 5.81. The average molecular weight is 320 g/mol. The molecule has 0 radical (unpaired) electrons. The summed E-state index contributed by atoms with van der Waals surface area (Å²) < 4.78 is 21.1. The van der Waals surface area contributed by atoms with Gasteiger partial charge in [0.05, 0.1) is 26.9 Å².